The van der Waals surface area contributed by atoms with Crippen LogP contribution in [-0.4, -0.2) is 55.3 Å². The first-order chi connectivity index (χ1) is 17.9. The van der Waals surface area contributed by atoms with Gasteiger partial charge >= 0.3 is 174 Å². The van der Waals surface area contributed by atoms with Gasteiger partial charge in [-0.25, -0.2) is 0 Å². The number of rotatable bonds is 5. The van der Waals surface area contributed by atoms with Crippen LogP contribution in [0.5, 0.6) is 0 Å². The molecule has 1 saturated carbocycles. The van der Waals surface area contributed by atoms with E-state index in [1.165, 1.54) is 0 Å². The van der Waals surface area contributed by atoms with Gasteiger partial charge in [0.1, 0.15) is 6.61 Å². The number of furan rings is 1. The fourth-order valence-electron chi connectivity index (χ4n) is 5.45. The Hall–Kier alpha value is -3.47. The quantitative estimate of drug-likeness (QED) is 0.495. The molecule has 6 rings (SSSR count). The first-order valence-corrected chi connectivity index (χ1v) is 15.2. The van der Waals surface area contributed by atoms with E-state index in [1.807, 2.05) is 24.3 Å². The molecule has 2 aromatic carbocycles. The standard InChI is InChI=1S/C27H29N4O5P/c28-17-37(12-13-37)30-26(34)27(8-2-1-3-9-27)29-25(33)18-4-6-20-21-15-19(31-10-11-35-16-24(31)32)5-7-22(21)36-23(20)14-18/h4-7,14-15,37H,1-3,8-13,16H2,(H,29,33)(H,30,34). The Bertz CT molecular complexity index is 1460. The van der Waals surface area contributed by atoms with Crippen molar-refractivity contribution in [3.8, 4) is 5.81 Å². The zero-order valence-corrected chi connectivity index (χ0v) is 21.5. The predicted molar refractivity (Wildman–Crippen MR) is 142 cm³/mol. The van der Waals surface area contributed by atoms with E-state index in [9.17, 15) is 19.6 Å². The van der Waals surface area contributed by atoms with Crippen LogP contribution in [0.25, 0.3) is 21.9 Å². The monoisotopic (exact) mass is 520 g/mol. The van der Waals surface area contributed by atoms with Gasteiger partial charge in [-0.3, -0.25) is 4.79 Å². The number of carbonyl (C=O) groups excluding carboxylic acids is 3. The molecule has 0 spiro atoms. The fraction of sp³-hybridized carbons (Fsp3) is 0.407. The SMILES string of the molecule is N#C[PH]1(NC(=O)C2(NC(=O)c3ccc4c(c3)oc3ccc(N5CCOCC5=O)cc34)CCCCC2)CC1. The maximum absolute atomic E-state index is 13.4. The second kappa shape index (κ2) is 9.13. The van der Waals surface area contributed by atoms with Crippen LogP contribution in [0, 0.1) is 11.1 Å². The van der Waals surface area contributed by atoms with Crippen LogP contribution < -0.4 is 15.3 Å². The molecule has 9 nitrogen and oxygen atoms in total. The Labute approximate surface area is 214 Å². The number of hydrogen-bond acceptors (Lipinski definition) is 6. The topological polar surface area (TPSA) is 125 Å². The van der Waals surface area contributed by atoms with Gasteiger partial charge in [0, 0.05) is 6.54 Å². The molecule has 10 heteroatoms. The van der Waals surface area contributed by atoms with Crippen LogP contribution in [0.15, 0.2) is 40.8 Å². The number of nitrogens with one attached hydrogen (secondary N) is 2. The molecule has 2 N–H and O–H groups in total. The maximum atomic E-state index is 13.4. The number of hydrogen-bond donors (Lipinski definition) is 2. The zero-order valence-electron chi connectivity index (χ0n) is 20.5. The molecule has 3 aliphatic rings. The van der Waals surface area contributed by atoms with Crippen LogP contribution in [-0.2, 0) is 14.3 Å². The third-order valence-electron chi connectivity index (χ3n) is 7.83. The minimum atomic E-state index is -2.32. The number of amides is 3. The van der Waals surface area contributed by atoms with Gasteiger partial charge in [0.15, 0.2) is 0 Å². The molecule has 1 aliphatic carbocycles. The summed E-state index contributed by atoms with van der Waals surface area (Å²) < 4.78 is 11.3. The number of nitriles is 1. The van der Waals surface area contributed by atoms with Crippen molar-refractivity contribution in [2.75, 3.05) is 37.0 Å². The number of benzene rings is 2. The third kappa shape index (κ3) is 4.35. The molecule has 3 fully saturated rings. The second-order valence-corrected chi connectivity index (χ2v) is 14.0. The molecular weight excluding hydrogens is 491 g/mol. The van der Waals surface area contributed by atoms with Gasteiger partial charge in [-0.1, -0.05) is 0 Å². The summed E-state index contributed by atoms with van der Waals surface area (Å²) in [6, 6.07) is 10.9. The van der Waals surface area contributed by atoms with Crippen LogP contribution in [0.1, 0.15) is 42.5 Å². The summed E-state index contributed by atoms with van der Waals surface area (Å²) >= 11 is 0. The van der Waals surface area contributed by atoms with Crippen molar-refractivity contribution in [1.82, 2.24) is 10.4 Å². The van der Waals surface area contributed by atoms with Crippen LogP contribution >= 0.6 is 7.41 Å². The molecule has 37 heavy (non-hydrogen) atoms. The first-order valence-electron chi connectivity index (χ1n) is 12.8. The van der Waals surface area contributed by atoms with E-state index in [0.29, 0.717) is 42.7 Å². The van der Waals surface area contributed by atoms with Crippen LogP contribution in [0.4, 0.5) is 5.69 Å². The van der Waals surface area contributed by atoms with E-state index in [2.05, 4.69) is 16.2 Å². The molecule has 3 aromatic rings. The van der Waals surface area contributed by atoms with Crippen molar-refractivity contribution in [1.29, 1.82) is 5.26 Å². The van der Waals surface area contributed by atoms with Crippen LogP contribution in [0.3, 0.4) is 0 Å². The van der Waals surface area contributed by atoms with Gasteiger partial charge in [0.2, 0.25) is 0 Å². The molecular formula is C27H29N4O5P. The van der Waals surface area contributed by atoms with Crippen molar-refractivity contribution in [3.05, 3.63) is 42.0 Å². The number of ether oxygens (including phenoxy) is 1. The van der Waals surface area contributed by atoms with Gasteiger partial charge < -0.3 is 9.64 Å². The van der Waals surface area contributed by atoms with E-state index in [-0.39, 0.29) is 24.3 Å². The number of morpholine rings is 1. The van der Waals surface area contributed by atoms with Gasteiger partial charge in [-0.05, 0) is 0 Å². The summed E-state index contributed by atoms with van der Waals surface area (Å²) in [5.74, 6) is 1.72. The van der Waals surface area contributed by atoms with E-state index >= 15 is 0 Å². The number of nitrogens with zero attached hydrogens (tertiary/aromatic N) is 2. The third-order valence-corrected chi connectivity index (χ3v) is 10.5. The molecule has 2 aliphatic heterocycles. The predicted octanol–water partition coefficient (Wildman–Crippen LogP) is 3.66. The molecule has 0 radical (unpaired) electrons. The molecule has 3 heterocycles. The normalized spacial score (nSPS) is 21.3. The number of anilines is 1. The Morgan fingerprint density at radius 2 is 1.84 bits per heavy atom. The molecule has 3 amide bonds. The fourth-order valence-corrected chi connectivity index (χ4v) is 7.65. The molecule has 1 aromatic heterocycles. The van der Waals surface area contributed by atoms with Crippen molar-refractivity contribution < 1.29 is 23.5 Å². The van der Waals surface area contributed by atoms with Crippen LogP contribution in [0.2, 0.25) is 0 Å². The van der Waals surface area contributed by atoms with Gasteiger partial charge in [0.25, 0.3) is 5.91 Å². The average Bonchev–Trinajstić information content (AvgIpc) is 3.60. The van der Waals surface area contributed by atoms with E-state index in [0.717, 1.165) is 48.0 Å². The van der Waals surface area contributed by atoms with Gasteiger partial charge in [-0.2, -0.15) is 0 Å². The van der Waals surface area contributed by atoms with Crippen molar-refractivity contribution >= 4 is 52.8 Å². The molecule has 0 unspecified atom stereocenters. The van der Waals surface area contributed by atoms with E-state index in [1.54, 1.807) is 17.0 Å². The van der Waals surface area contributed by atoms with Crippen molar-refractivity contribution in [2.24, 2.45) is 0 Å². The number of carbonyl (C=O) groups is 3. The van der Waals surface area contributed by atoms with Crippen molar-refractivity contribution in [2.45, 2.75) is 37.6 Å². The van der Waals surface area contributed by atoms with E-state index in [4.69, 9.17) is 9.15 Å². The Kier molecular flexibility index (Phi) is 5.89. The second-order valence-electron chi connectivity index (χ2n) is 10.3. The Morgan fingerprint density at radius 3 is 2.57 bits per heavy atom. The summed E-state index contributed by atoms with van der Waals surface area (Å²) in [6.07, 6.45) is 5.42. The van der Waals surface area contributed by atoms with E-state index < -0.39 is 13.0 Å². The van der Waals surface area contributed by atoms with Gasteiger partial charge in [-0.15, -0.1) is 0 Å². The summed E-state index contributed by atoms with van der Waals surface area (Å²) in [4.78, 5) is 40.7. The average molecular weight is 521 g/mol. The van der Waals surface area contributed by atoms with Crippen molar-refractivity contribution in [3.63, 3.8) is 0 Å². The Balaban J connectivity index is 1.27. The first kappa shape index (κ1) is 23.9. The molecule has 0 bridgehead atoms. The zero-order chi connectivity index (χ0) is 25.6. The minimum absolute atomic E-state index is 0.0713. The molecule has 2 saturated heterocycles. The summed E-state index contributed by atoms with van der Waals surface area (Å²) in [5.41, 5.74) is 1.42. The summed E-state index contributed by atoms with van der Waals surface area (Å²) in [6.45, 7) is 1.06. The molecule has 192 valence electrons. The molecule has 0 atom stereocenters. The Morgan fingerprint density at radius 1 is 1.03 bits per heavy atom. The summed E-state index contributed by atoms with van der Waals surface area (Å²) in [5, 5.41) is 17.3. The summed E-state index contributed by atoms with van der Waals surface area (Å²) in [7, 11) is -2.32. The number of fused-ring (bicyclic) bond motifs is 3. The van der Waals surface area contributed by atoms with Gasteiger partial charge in [0.05, 0.1) is 6.61 Å².